The molecule has 5 nitrogen and oxygen atoms in total. The predicted molar refractivity (Wildman–Crippen MR) is 74.8 cm³/mol. The van der Waals surface area contributed by atoms with E-state index < -0.39 is 6.10 Å². The van der Waals surface area contributed by atoms with E-state index in [0.29, 0.717) is 24.7 Å². The maximum absolute atomic E-state index is 13.2. The Morgan fingerprint density at radius 3 is 3.10 bits per heavy atom. The Labute approximate surface area is 122 Å². The molecule has 0 saturated carbocycles. The quantitative estimate of drug-likeness (QED) is 0.849. The van der Waals surface area contributed by atoms with Crippen LogP contribution in [0.5, 0.6) is 5.75 Å². The van der Waals surface area contributed by atoms with E-state index in [1.165, 1.54) is 12.1 Å². The van der Waals surface area contributed by atoms with Gasteiger partial charge in [0, 0.05) is 12.6 Å². The standard InChI is InChI=1S/C15H17FN2O3/c1-9-13-15(19)17-14(18(13)6-7-20-9)10(2)21-12-5-3-4-11(16)8-12/h3-5,8-10,13H,6-7H2,1-2H3/t9-,10?,13+/m1/s1. The number of rotatable bonds is 3. The highest BCUT2D eigenvalue weighted by Crippen LogP contribution is 2.24. The fraction of sp³-hybridized carbons (Fsp3) is 0.467. The van der Waals surface area contributed by atoms with Crippen molar-refractivity contribution in [1.29, 1.82) is 0 Å². The maximum atomic E-state index is 13.2. The van der Waals surface area contributed by atoms with Gasteiger partial charge in [-0.05, 0) is 26.0 Å². The van der Waals surface area contributed by atoms with Crippen molar-refractivity contribution in [2.24, 2.45) is 4.99 Å². The molecule has 1 fully saturated rings. The second-order valence-corrected chi connectivity index (χ2v) is 5.24. The third-order valence-electron chi connectivity index (χ3n) is 3.74. The largest absolute Gasteiger partial charge is 0.483 e. The molecule has 2 aliphatic rings. The van der Waals surface area contributed by atoms with E-state index in [9.17, 15) is 9.18 Å². The molecule has 1 saturated heterocycles. The molecular weight excluding hydrogens is 275 g/mol. The molecule has 0 bridgehead atoms. The number of aliphatic imine (C=N–C) groups is 1. The summed E-state index contributed by atoms with van der Waals surface area (Å²) in [6, 6.07) is 5.56. The molecule has 0 spiro atoms. The lowest BCUT2D eigenvalue weighted by Crippen LogP contribution is -2.54. The van der Waals surface area contributed by atoms with Crippen molar-refractivity contribution in [2.75, 3.05) is 13.2 Å². The molecule has 2 aliphatic heterocycles. The van der Waals surface area contributed by atoms with Crippen LogP contribution >= 0.6 is 0 Å². The second-order valence-electron chi connectivity index (χ2n) is 5.24. The van der Waals surface area contributed by atoms with Crippen molar-refractivity contribution >= 4 is 11.7 Å². The Kier molecular flexibility index (Phi) is 3.63. The van der Waals surface area contributed by atoms with E-state index in [2.05, 4.69) is 4.99 Å². The number of amides is 1. The molecule has 0 N–H and O–H groups in total. The minimum atomic E-state index is -0.425. The molecule has 1 aromatic rings. The molecule has 112 valence electrons. The number of carbonyl (C=O) groups excluding carboxylic acids is 1. The number of hydrogen-bond donors (Lipinski definition) is 0. The highest BCUT2D eigenvalue weighted by Gasteiger charge is 2.43. The first-order chi connectivity index (χ1) is 10.1. The second kappa shape index (κ2) is 5.44. The molecule has 6 heteroatoms. The summed E-state index contributed by atoms with van der Waals surface area (Å²) in [6.07, 6.45) is -0.611. The number of amidine groups is 1. The maximum Gasteiger partial charge on any atom is 0.272 e. The molecule has 1 unspecified atom stereocenters. The van der Waals surface area contributed by atoms with Crippen LogP contribution < -0.4 is 4.74 Å². The zero-order valence-electron chi connectivity index (χ0n) is 12.0. The van der Waals surface area contributed by atoms with Crippen molar-refractivity contribution in [3.05, 3.63) is 30.1 Å². The first-order valence-corrected chi connectivity index (χ1v) is 6.99. The van der Waals surface area contributed by atoms with Crippen molar-refractivity contribution in [3.8, 4) is 5.75 Å². The average Bonchev–Trinajstić information content (AvgIpc) is 2.77. The summed E-state index contributed by atoms with van der Waals surface area (Å²) in [5, 5.41) is 0. The van der Waals surface area contributed by atoms with Crippen LogP contribution in [0.4, 0.5) is 4.39 Å². The van der Waals surface area contributed by atoms with E-state index in [1.54, 1.807) is 19.1 Å². The zero-order valence-corrected chi connectivity index (χ0v) is 12.0. The van der Waals surface area contributed by atoms with Gasteiger partial charge in [-0.25, -0.2) is 4.39 Å². The first-order valence-electron chi connectivity index (χ1n) is 6.99. The molecule has 3 rings (SSSR count). The molecule has 0 aromatic heterocycles. The van der Waals surface area contributed by atoms with Gasteiger partial charge in [0.2, 0.25) is 0 Å². The van der Waals surface area contributed by atoms with Crippen molar-refractivity contribution in [2.45, 2.75) is 32.1 Å². The van der Waals surface area contributed by atoms with Gasteiger partial charge >= 0.3 is 0 Å². The predicted octanol–water partition coefficient (Wildman–Crippen LogP) is 1.62. The number of morpholine rings is 1. The van der Waals surface area contributed by atoms with Crippen molar-refractivity contribution < 1.29 is 18.7 Å². The number of nitrogens with zero attached hydrogens (tertiary/aromatic N) is 2. The first kappa shape index (κ1) is 14.0. The van der Waals surface area contributed by atoms with Gasteiger partial charge in [0.25, 0.3) is 5.91 Å². The lowest BCUT2D eigenvalue weighted by atomic mass is 10.1. The fourth-order valence-corrected chi connectivity index (χ4v) is 2.78. The van der Waals surface area contributed by atoms with E-state index in [0.717, 1.165) is 0 Å². The SMILES string of the molecule is CC(Oc1cccc(F)c1)C1=NC(=O)[C@@H]2[C@@H](C)OCCN12. The topological polar surface area (TPSA) is 51.1 Å². The van der Waals surface area contributed by atoms with E-state index in [4.69, 9.17) is 9.47 Å². The Hall–Kier alpha value is -1.95. The lowest BCUT2D eigenvalue weighted by Gasteiger charge is -2.36. The van der Waals surface area contributed by atoms with Crippen LogP contribution in [0.3, 0.4) is 0 Å². The number of benzene rings is 1. The molecule has 1 aromatic carbocycles. The van der Waals surface area contributed by atoms with E-state index in [1.807, 2.05) is 11.8 Å². The van der Waals surface area contributed by atoms with Crippen molar-refractivity contribution in [1.82, 2.24) is 4.90 Å². The van der Waals surface area contributed by atoms with Gasteiger partial charge in [0.15, 0.2) is 6.10 Å². The normalized spacial score (nSPS) is 26.3. The average molecular weight is 292 g/mol. The van der Waals surface area contributed by atoms with E-state index >= 15 is 0 Å². The Balaban J connectivity index is 1.77. The molecule has 2 heterocycles. The highest BCUT2D eigenvalue weighted by atomic mass is 19.1. The molecule has 0 radical (unpaired) electrons. The number of fused-ring (bicyclic) bond motifs is 1. The van der Waals surface area contributed by atoms with E-state index in [-0.39, 0.29) is 23.9 Å². The van der Waals surface area contributed by atoms with Gasteiger partial charge in [-0.3, -0.25) is 4.79 Å². The van der Waals surface area contributed by atoms with Crippen LogP contribution in [0.2, 0.25) is 0 Å². The van der Waals surface area contributed by atoms with Crippen LogP contribution in [0.25, 0.3) is 0 Å². The summed E-state index contributed by atoms with van der Waals surface area (Å²) >= 11 is 0. The fourth-order valence-electron chi connectivity index (χ4n) is 2.78. The Morgan fingerprint density at radius 2 is 2.33 bits per heavy atom. The van der Waals surface area contributed by atoms with Gasteiger partial charge in [0.1, 0.15) is 23.4 Å². The van der Waals surface area contributed by atoms with Crippen LogP contribution in [0, 0.1) is 5.82 Å². The number of halogens is 1. The van der Waals surface area contributed by atoms with Gasteiger partial charge in [-0.1, -0.05) is 6.07 Å². The van der Waals surface area contributed by atoms with Crippen LogP contribution in [-0.4, -0.2) is 48.0 Å². The minimum absolute atomic E-state index is 0.186. The van der Waals surface area contributed by atoms with Gasteiger partial charge in [-0.2, -0.15) is 4.99 Å². The molecular formula is C15H17FN2O3. The lowest BCUT2D eigenvalue weighted by molar-refractivity contribution is -0.128. The summed E-state index contributed by atoms with van der Waals surface area (Å²) < 4.78 is 24.4. The van der Waals surface area contributed by atoms with Gasteiger partial charge < -0.3 is 14.4 Å². The zero-order chi connectivity index (χ0) is 15.0. The summed E-state index contributed by atoms with van der Waals surface area (Å²) in [6.45, 7) is 4.83. The van der Waals surface area contributed by atoms with Crippen LogP contribution in [-0.2, 0) is 9.53 Å². The summed E-state index contributed by atoms with van der Waals surface area (Å²) in [5.41, 5.74) is 0. The third kappa shape index (κ3) is 2.63. The van der Waals surface area contributed by atoms with Crippen molar-refractivity contribution in [3.63, 3.8) is 0 Å². The van der Waals surface area contributed by atoms with Gasteiger partial charge in [0.05, 0.1) is 12.7 Å². The smallest absolute Gasteiger partial charge is 0.272 e. The van der Waals surface area contributed by atoms with Crippen LogP contribution in [0.1, 0.15) is 13.8 Å². The monoisotopic (exact) mass is 292 g/mol. The van der Waals surface area contributed by atoms with Gasteiger partial charge in [-0.15, -0.1) is 0 Å². The summed E-state index contributed by atoms with van der Waals surface area (Å²) in [5.74, 6) is 0.445. The molecule has 21 heavy (non-hydrogen) atoms. The molecule has 0 aliphatic carbocycles. The summed E-state index contributed by atoms with van der Waals surface area (Å²) in [4.78, 5) is 18.1. The summed E-state index contributed by atoms with van der Waals surface area (Å²) in [7, 11) is 0. The minimum Gasteiger partial charge on any atom is -0.483 e. The Morgan fingerprint density at radius 1 is 1.52 bits per heavy atom. The third-order valence-corrected chi connectivity index (χ3v) is 3.74. The molecule has 1 amide bonds. The van der Waals surface area contributed by atoms with Crippen LogP contribution in [0.15, 0.2) is 29.3 Å². The number of carbonyl (C=O) groups is 1. The Bertz CT molecular complexity index is 590. The molecule has 3 atom stereocenters. The highest BCUT2D eigenvalue weighted by molar-refractivity contribution is 6.06. The number of ether oxygens (including phenoxy) is 2. The number of hydrogen-bond acceptors (Lipinski definition) is 4.